The third-order valence-electron chi connectivity index (χ3n) is 3.01. The molecule has 1 aromatic rings. The number of benzene rings is 1. The molecule has 1 fully saturated rings. The van der Waals surface area contributed by atoms with Crippen molar-refractivity contribution in [2.75, 3.05) is 18.4 Å². The second-order valence-electron chi connectivity index (χ2n) is 4.25. The first-order valence-electron chi connectivity index (χ1n) is 5.95. The van der Waals surface area contributed by atoms with E-state index >= 15 is 0 Å². The Morgan fingerprint density at radius 1 is 1.17 bits per heavy atom. The van der Waals surface area contributed by atoms with Gasteiger partial charge in [-0.1, -0.05) is 12.5 Å². The van der Waals surface area contributed by atoms with Crippen LogP contribution in [0.3, 0.4) is 0 Å². The Bertz CT molecular complexity index is 522. The molecule has 5 nitrogen and oxygen atoms in total. The SMILES string of the molecule is O=CNc1cccc(S(=O)(=O)N2CCCCC2)c1. The summed E-state index contributed by atoms with van der Waals surface area (Å²) < 4.78 is 26.2. The van der Waals surface area contributed by atoms with Gasteiger partial charge in [-0.15, -0.1) is 0 Å². The van der Waals surface area contributed by atoms with Gasteiger partial charge in [-0.05, 0) is 31.0 Å². The maximum atomic E-state index is 12.4. The lowest BCUT2D eigenvalue weighted by molar-refractivity contribution is -0.105. The van der Waals surface area contributed by atoms with Crippen LogP contribution in [0.4, 0.5) is 5.69 Å². The molecular weight excluding hydrogens is 252 g/mol. The second kappa shape index (κ2) is 5.49. The summed E-state index contributed by atoms with van der Waals surface area (Å²) in [6.45, 7) is 1.15. The molecule has 98 valence electrons. The van der Waals surface area contributed by atoms with Crippen LogP contribution in [-0.4, -0.2) is 32.2 Å². The molecule has 1 aliphatic rings. The van der Waals surface area contributed by atoms with Crippen molar-refractivity contribution in [2.45, 2.75) is 24.2 Å². The van der Waals surface area contributed by atoms with Crippen molar-refractivity contribution in [3.05, 3.63) is 24.3 Å². The first-order valence-corrected chi connectivity index (χ1v) is 7.39. The third kappa shape index (κ3) is 2.70. The number of anilines is 1. The molecule has 6 heteroatoms. The van der Waals surface area contributed by atoms with Crippen LogP contribution in [0.15, 0.2) is 29.2 Å². The summed E-state index contributed by atoms with van der Waals surface area (Å²) >= 11 is 0. The van der Waals surface area contributed by atoms with Crippen molar-refractivity contribution in [1.29, 1.82) is 0 Å². The average molecular weight is 268 g/mol. The van der Waals surface area contributed by atoms with Gasteiger partial charge in [0.05, 0.1) is 4.90 Å². The molecule has 0 atom stereocenters. The zero-order chi connectivity index (χ0) is 13.0. The van der Waals surface area contributed by atoms with Gasteiger partial charge in [-0.25, -0.2) is 8.42 Å². The van der Waals surface area contributed by atoms with E-state index in [1.54, 1.807) is 18.2 Å². The number of nitrogens with one attached hydrogen (secondary N) is 1. The van der Waals surface area contributed by atoms with Crippen molar-refractivity contribution in [2.24, 2.45) is 0 Å². The van der Waals surface area contributed by atoms with E-state index in [0.29, 0.717) is 25.2 Å². The quantitative estimate of drug-likeness (QED) is 0.840. The van der Waals surface area contributed by atoms with E-state index in [2.05, 4.69) is 5.32 Å². The predicted octanol–water partition coefficient (Wildman–Crippen LogP) is 1.43. The largest absolute Gasteiger partial charge is 0.329 e. The van der Waals surface area contributed by atoms with Crippen molar-refractivity contribution in [1.82, 2.24) is 4.31 Å². The Kier molecular flexibility index (Phi) is 3.98. The Balaban J connectivity index is 2.28. The van der Waals surface area contributed by atoms with Gasteiger partial charge < -0.3 is 5.32 Å². The summed E-state index contributed by atoms with van der Waals surface area (Å²) in [6, 6.07) is 6.32. The highest BCUT2D eigenvalue weighted by atomic mass is 32.2. The van der Waals surface area contributed by atoms with Gasteiger partial charge in [-0.3, -0.25) is 4.79 Å². The fraction of sp³-hybridized carbons (Fsp3) is 0.417. The highest BCUT2D eigenvalue weighted by Gasteiger charge is 2.25. The Morgan fingerprint density at radius 3 is 2.56 bits per heavy atom. The number of piperidine rings is 1. The number of carbonyl (C=O) groups is 1. The van der Waals surface area contributed by atoms with Crippen LogP contribution in [-0.2, 0) is 14.8 Å². The molecule has 1 N–H and O–H groups in total. The number of sulfonamides is 1. The van der Waals surface area contributed by atoms with Gasteiger partial charge in [0.1, 0.15) is 0 Å². The third-order valence-corrected chi connectivity index (χ3v) is 4.91. The summed E-state index contributed by atoms with van der Waals surface area (Å²) in [5.74, 6) is 0. The summed E-state index contributed by atoms with van der Waals surface area (Å²) in [4.78, 5) is 10.6. The molecule has 0 spiro atoms. The normalized spacial score (nSPS) is 17.3. The van der Waals surface area contributed by atoms with Gasteiger partial charge in [0, 0.05) is 18.8 Å². The monoisotopic (exact) mass is 268 g/mol. The number of carbonyl (C=O) groups excluding carboxylic acids is 1. The number of amides is 1. The summed E-state index contributed by atoms with van der Waals surface area (Å²) in [5, 5.41) is 2.46. The second-order valence-corrected chi connectivity index (χ2v) is 6.19. The molecule has 1 amide bonds. The van der Waals surface area contributed by atoms with E-state index in [0.717, 1.165) is 19.3 Å². The maximum Gasteiger partial charge on any atom is 0.243 e. The number of hydrogen-bond donors (Lipinski definition) is 1. The number of nitrogens with zero attached hydrogens (tertiary/aromatic N) is 1. The van der Waals surface area contributed by atoms with Crippen molar-refractivity contribution in [3.8, 4) is 0 Å². The van der Waals surface area contributed by atoms with Crippen molar-refractivity contribution < 1.29 is 13.2 Å². The van der Waals surface area contributed by atoms with Crippen LogP contribution in [0.2, 0.25) is 0 Å². The first-order chi connectivity index (χ1) is 8.64. The molecule has 0 bridgehead atoms. The van der Waals surface area contributed by atoms with E-state index in [-0.39, 0.29) is 4.90 Å². The van der Waals surface area contributed by atoms with E-state index in [1.165, 1.54) is 10.4 Å². The summed E-state index contributed by atoms with van der Waals surface area (Å²) in [7, 11) is -3.43. The standard InChI is InChI=1S/C12H16N2O3S/c15-10-13-11-5-4-6-12(9-11)18(16,17)14-7-2-1-3-8-14/h4-6,9-10H,1-3,7-8H2,(H,13,15). The van der Waals surface area contributed by atoms with Gasteiger partial charge in [0.15, 0.2) is 0 Å². The average Bonchev–Trinajstić information content (AvgIpc) is 2.40. The smallest absolute Gasteiger partial charge is 0.243 e. The molecule has 0 aromatic heterocycles. The van der Waals surface area contributed by atoms with Crippen molar-refractivity contribution in [3.63, 3.8) is 0 Å². The highest BCUT2D eigenvalue weighted by Crippen LogP contribution is 2.22. The minimum absolute atomic E-state index is 0.233. The Morgan fingerprint density at radius 2 is 1.89 bits per heavy atom. The van der Waals surface area contributed by atoms with Crippen LogP contribution < -0.4 is 5.32 Å². The molecule has 18 heavy (non-hydrogen) atoms. The zero-order valence-electron chi connectivity index (χ0n) is 10.0. The topological polar surface area (TPSA) is 66.5 Å². The molecule has 1 saturated heterocycles. The first kappa shape index (κ1) is 13.0. The van der Waals surface area contributed by atoms with E-state index in [1.807, 2.05) is 0 Å². The van der Waals surface area contributed by atoms with E-state index in [9.17, 15) is 13.2 Å². The molecular formula is C12H16N2O3S. The molecule has 1 aromatic carbocycles. The van der Waals surface area contributed by atoms with Crippen LogP contribution in [0.1, 0.15) is 19.3 Å². The molecule has 1 aliphatic heterocycles. The molecule has 0 saturated carbocycles. The lowest BCUT2D eigenvalue weighted by Gasteiger charge is -2.25. The van der Waals surface area contributed by atoms with Gasteiger partial charge >= 0.3 is 0 Å². The Hall–Kier alpha value is -1.40. The highest BCUT2D eigenvalue weighted by molar-refractivity contribution is 7.89. The van der Waals surface area contributed by atoms with Crippen LogP contribution >= 0.6 is 0 Å². The number of hydrogen-bond acceptors (Lipinski definition) is 3. The summed E-state index contributed by atoms with van der Waals surface area (Å²) in [5.41, 5.74) is 0.489. The van der Waals surface area contributed by atoms with Crippen molar-refractivity contribution >= 4 is 22.1 Å². The van der Waals surface area contributed by atoms with E-state index in [4.69, 9.17) is 0 Å². The number of rotatable bonds is 4. The minimum Gasteiger partial charge on any atom is -0.329 e. The Labute approximate surface area is 107 Å². The fourth-order valence-corrected chi connectivity index (χ4v) is 3.63. The zero-order valence-corrected chi connectivity index (χ0v) is 10.8. The van der Waals surface area contributed by atoms with Gasteiger partial charge in [0.2, 0.25) is 16.4 Å². The molecule has 0 radical (unpaired) electrons. The lowest BCUT2D eigenvalue weighted by Crippen LogP contribution is -2.35. The predicted molar refractivity (Wildman–Crippen MR) is 68.7 cm³/mol. The van der Waals surface area contributed by atoms with Gasteiger partial charge in [0.25, 0.3) is 0 Å². The maximum absolute atomic E-state index is 12.4. The van der Waals surface area contributed by atoms with Gasteiger partial charge in [-0.2, -0.15) is 4.31 Å². The van der Waals surface area contributed by atoms with Crippen LogP contribution in [0, 0.1) is 0 Å². The minimum atomic E-state index is -3.43. The van der Waals surface area contributed by atoms with Crippen LogP contribution in [0.5, 0.6) is 0 Å². The van der Waals surface area contributed by atoms with Crippen LogP contribution in [0.25, 0.3) is 0 Å². The molecule has 0 aliphatic carbocycles. The van der Waals surface area contributed by atoms with E-state index < -0.39 is 10.0 Å². The molecule has 0 unspecified atom stereocenters. The summed E-state index contributed by atoms with van der Waals surface area (Å²) in [6.07, 6.45) is 3.43. The fourth-order valence-electron chi connectivity index (χ4n) is 2.07. The molecule has 2 rings (SSSR count). The lowest BCUT2D eigenvalue weighted by atomic mass is 10.2. The molecule has 1 heterocycles.